The molecule has 0 saturated heterocycles. The standard InChI is InChI=1S/C69H120N18O20/c1-19-38(16)55(67(104)77-43(21-32(4)5)60(97)79-45(69(106)107)23-41-24-71-30-75-41)86-61(98)44(22-33(6)7)78-68(105)56(40(18)90)87-62(99)47(29-89)81-65(102)54(37(14)15)85-66(103)52(35(10)11)82-49(92)26-72-48(91)25-74-59(96)46(28-88)80-64(101)51(34(8)9)83-50(93)27-73-57(94)39(17)76-63(100)53(36(12)13)84-58(95)42(70)20-31(2)3/h24,30-40,42-47,51-56,88-90H,19-23,25-29,70H2,1-18H3,(H,71,75)(H,72,91)(H,73,94)(H,74,96)(H,76,100)(H,77,104)(H,78,105)(H,79,97)(H,80,101)(H,81,102)(H,82,92)(H,83,93)(H,84,95)(H,85,103)(H,86,98)(H,87,99)(H,106,107)/t38-,39-,40+,42-,43-,44-,45-,46-,47-,51-,52-,53-,54-,55-,56-/m0/s1. The van der Waals surface area contributed by atoms with E-state index < -0.39 is 236 Å². The van der Waals surface area contributed by atoms with Crippen LogP contribution in [0, 0.1) is 47.3 Å². The van der Waals surface area contributed by atoms with E-state index in [0.29, 0.717) is 18.5 Å². The van der Waals surface area contributed by atoms with Crippen LogP contribution in [0.25, 0.3) is 0 Å². The molecule has 38 nitrogen and oxygen atoms in total. The van der Waals surface area contributed by atoms with Crippen molar-refractivity contribution in [2.45, 2.75) is 241 Å². The molecule has 0 unspecified atom stereocenters. The van der Waals surface area contributed by atoms with Gasteiger partial charge in [0.1, 0.15) is 72.5 Å². The number of aliphatic hydroxyl groups excluding tert-OH is 3. The van der Waals surface area contributed by atoms with Crippen molar-refractivity contribution in [1.29, 1.82) is 0 Å². The number of aliphatic carboxylic acids is 1. The second kappa shape index (κ2) is 47.3. The second-order valence-corrected chi connectivity index (χ2v) is 29.4. The predicted molar refractivity (Wildman–Crippen MR) is 389 cm³/mol. The maximum atomic E-state index is 14.2. The highest BCUT2D eigenvalue weighted by atomic mass is 16.4. The summed E-state index contributed by atoms with van der Waals surface area (Å²) in [6.07, 6.45) is 1.69. The fourth-order valence-corrected chi connectivity index (χ4v) is 10.5. The van der Waals surface area contributed by atoms with Gasteiger partial charge in [0.2, 0.25) is 88.6 Å². The number of aliphatic hydroxyl groups is 3. The highest BCUT2D eigenvalue weighted by Gasteiger charge is 2.39. The lowest BCUT2D eigenvalue weighted by atomic mass is 9.95. The van der Waals surface area contributed by atoms with Crippen molar-refractivity contribution in [2.24, 2.45) is 53.1 Å². The van der Waals surface area contributed by atoms with E-state index in [0.717, 1.165) is 6.92 Å². The normalized spacial score (nSPS) is 15.7. The van der Waals surface area contributed by atoms with Crippen LogP contribution >= 0.6 is 0 Å². The number of carbonyl (C=O) groups is 16. The van der Waals surface area contributed by atoms with Gasteiger partial charge in [0.05, 0.1) is 51.3 Å². The van der Waals surface area contributed by atoms with Crippen LogP contribution in [-0.2, 0) is 83.1 Å². The first-order valence-electron chi connectivity index (χ1n) is 36.1. The van der Waals surface area contributed by atoms with Gasteiger partial charge in [-0.05, 0) is 80.5 Å². The molecule has 0 radical (unpaired) electrons. The van der Waals surface area contributed by atoms with Crippen LogP contribution in [0.2, 0.25) is 0 Å². The first-order chi connectivity index (χ1) is 49.8. The van der Waals surface area contributed by atoms with Gasteiger partial charge in [-0.3, -0.25) is 71.9 Å². The van der Waals surface area contributed by atoms with Crippen LogP contribution in [0.3, 0.4) is 0 Å². The monoisotopic (exact) mass is 1520 g/mol. The molecule has 15 amide bonds. The lowest BCUT2D eigenvalue weighted by molar-refractivity contribution is -0.142. The Balaban J connectivity index is 3.04. The van der Waals surface area contributed by atoms with Gasteiger partial charge in [-0.15, -0.1) is 0 Å². The molecule has 0 aliphatic heterocycles. The fraction of sp³-hybridized carbons (Fsp3) is 0.725. The molecule has 22 N–H and O–H groups in total. The summed E-state index contributed by atoms with van der Waals surface area (Å²) in [5, 5.41) is 77.8. The molecule has 1 aromatic heterocycles. The quantitative estimate of drug-likeness (QED) is 0.0290. The predicted octanol–water partition coefficient (Wildman–Crippen LogP) is -5.28. The molecule has 0 aliphatic rings. The fourth-order valence-electron chi connectivity index (χ4n) is 10.5. The molecular formula is C69H120N18O20. The Kier molecular flexibility index (Phi) is 42.2. The number of nitrogens with zero attached hydrogens (tertiary/aromatic N) is 1. The van der Waals surface area contributed by atoms with E-state index in [1.165, 1.54) is 33.3 Å². The lowest BCUT2D eigenvalue weighted by Gasteiger charge is -2.31. The van der Waals surface area contributed by atoms with Crippen LogP contribution in [0.1, 0.15) is 156 Å². The van der Waals surface area contributed by atoms with Crippen molar-refractivity contribution in [3.8, 4) is 0 Å². The van der Waals surface area contributed by atoms with Gasteiger partial charge in [0, 0.05) is 18.3 Å². The van der Waals surface area contributed by atoms with Gasteiger partial charge in [0.25, 0.3) is 0 Å². The minimum absolute atomic E-state index is 0.0371. The molecule has 0 aromatic carbocycles. The van der Waals surface area contributed by atoms with E-state index in [9.17, 15) is 97.1 Å². The average Bonchev–Trinajstić information content (AvgIpc) is 1.43. The van der Waals surface area contributed by atoms with Crippen LogP contribution < -0.4 is 85.5 Å². The molecule has 1 heterocycles. The number of aromatic amines is 1. The number of amides is 15. The SMILES string of the molecule is CC[C@H](C)[C@H](NC(=O)[C@H](CC(C)C)NC(=O)[C@@H](NC(=O)[C@H](CO)NC(=O)[C@@H](NC(=O)[C@@H](NC(=O)CNC(=O)CNC(=O)[C@H](CO)NC(=O)[C@@H](NC(=O)CNC(=O)[C@H](C)NC(=O)[C@@H](NC(=O)[C@@H](N)CC(C)C)C(C)C)C(C)C)C(C)C)C(C)C)[C@@H](C)O)C(=O)N[C@@H](CC(C)C)C(=O)N[C@@H](Cc1cnc[nH]1)C(=O)O. The topological polar surface area (TPSA) is 589 Å². The van der Waals surface area contributed by atoms with Gasteiger partial charge in [0.15, 0.2) is 0 Å². The molecule has 107 heavy (non-hydrogen) atoms. The molecule has 0 saturated carbocycles. The van der Waals surface area contributed by atoms with Gasteiger partial charge >= 0.3 is 5.97 Å². The Labute approximate surface area is 624 Å². The molecule has 0 aliphatic carbocycles. The molecule has 606 valence electrons. The summed E-state index contributed by atoms with van der Waals surface area (Å²) in [4.78, 5) is 221. The number of nitrogens with two attached hydrogens (primary N) is 1. The second-order valence-electron chi connectivity index (χ2n) is 29.4. The van der Waals surface area contributed by atoms with Crippen LogP contribution in [-0.4, -0.2) is 242 Å². The number of carboxylic acid groups (broad SMARTS) is 1. The number of aromatic nitrogens is 2. The third kappa shape index (κ3) is 34.3. The van der Waals surface area contributed by atoms with Crippen LogP contribution in [0.15, 0.2) is 12.5 Å². The number of hydrogen-bond acceptors (Lipinski definition) is 21. The van der Waals surface area contributed by atoms with Gasteiger partial charge in [-0.1, -0.05) is 117 Å². The first-order valence-corrected chi connectivity index (χ1v) is 36.1. The molecule has 15 atom stereocenters. The van der Waals surface area contributed by atoms with E-state index in [2.05, 4.69) is 89.7 Å². The van der Waals surface area contributed by atoms with Gasteiger partial charge in [-0.2, -0.15) is 0 Å². The number of carbonyl (C=O) groups excluding carboxylic acids is 15. The third-order valence-corrected chi connectivity index (χ3v) is 16.9. The summed E-state index contributed by atoms with van der Waals surface area (Å²) in [6.45, 7) is 25.1. The van der Waals surface area contributed by atoms with E-state index in [1.807, 2.05) is 13.8 Å². The van der Waals surface area contributed by atoms with Crippen LogP contribution in [0.5, 0.6) is 0 Å². The van der Waals surface area contributed by atoms with Gasteiger partial charge in [-0.25, -0.2) is 9.78 Å². The van der Waals surface area contributed by atoms with Crippen molar-refractivity contribution in [2.75, 3.05) is 32.8 Å². The minimum atomic E-state index is -1.83. The summed E-state index contributed by atoms with van der Waals surface area (Å²) in [7, 11) is 0. The number of rotatable bonds is 48. The Morgan fingerprint density at radius 3 is 1.16 bits per heavy atom. The zero-order chi connectivity index (χ0) is 82.0. The molecule has 0 bridgehead atoms. The Hall–Kier alpha value is -9.43. The Morgan fingerprint density at radius 2 is 0.738 bits per heavy atom. The van der Waals surface area contributed by atoms with E-state index >= 15 is 0 Å². The first kappa shape index (κ1) is 95.6. The highest BCUT2D eigenvalue weighted by molar-refractivity contribution is 6.00. The van der Waals surface area contributed by atoms with E-state index in [-0.39, 0.29) is 42.9 Å². The van der Waals surface area contributed by atoms with Crippen LogP contribution in [0.4, 0.5) is 0 Å². The number of nitrogens with one attached hydrogen (secondary N) is 16. The van der Waals surface area contributed by atoms with Gasteiger partial charge < -0.3 is 111 Å². The minimum Gasteiger partial charge on any atom is -0.480 e. The maximum Gasteiger partial charge on any atom is 0.326 e. The average molecular weight is 1520 g/mol. The van der Waals surface area contributed by atoms with Crippen molar-refractivity contribution in [3.63, 3.8) is 0 Å². The smallest absolute Gasteiger partial charge is 0.326 e. The molecule has 0 spiro atoms. The number of H-pyrrole nitrogens is 1. The lowest BCUT2D eigenvalue weighted by Crippen LogP contribution is -2.63. The Morgan fingerprint density at radius 1 is 0.393 bits per heavy atom. The third-order valence-electron chi connectivity index (χ3n) is 16.9. The molecule has 0 fully saturated rings. The summed E-state index contributed by atoms with van der Waals surface area (Å²) >= 11 is 0. The summed E-state index contributed by atoms with van der Waals surface area (Å²) in [6, 6.07) is -17.9. The zero-order valence-electron chi connectivity index (χ0n) is 64.8. The van der Waals surface area contributed by atoms with Crippen molar-refractivity contribution in [3.05, 3.63) is 18.2 Å². The Bertz CT molecular complexity index is 3150. The molecular weight excluding hydrogens is 1400 g/mol. The van der Waals surface area contributed by atoms with Crippen molar-refractivity contribution in [1.82, 2.24) is 89.7 Å². The zero-order valence-corrected chi connectivity index (χ0v) is 64.8. The van der Waals surface area contributed by atoms with Crippen molar-refractivity contribution < 1.29 is 97.1 Å². The van der Waals surface area contributed by atoms with E-state index in [1.54, 1.807) is 83.1 Å². The van der Waals surface area contributed by atoms with Crippen molar-refractivity contribution >= 4 is 94.6 Å². The number of hydrogen-bond donors (Lipinski definition) is 21. The largest absolute Gasteiger partial charge is 0.480 e. The number of imidazole rings is 1. The summed E-state index contributed by atoms with van der Waals surface area (Å²) in [5.41, 5.74) is 6.41. The molecule has 1 aromatic rings. The number of carboxylic acids is 1. The maximum absolute atomic E-state index is 14.2. The summed E-state index contributed by atoms with van der Waals surface area (Å²) < 4.78 is 0. The molecule has 38 heteroatoms. The summed E-state index contributed by atoms with van der Waals surface area (Å²) in [5.74, 6) is -18.0. The highest BCUT2D eigenvalue weighted by Crippen LogP contribution is 2.16. The van der Waals surface area contributed by atoms with E-state index in [4.69, 9.17) is 5.73 Å². The molecule has 1 rings (SSSR count).